The van der Waals surface area contributed by atoms with E-state index in [4.69, 9.17) is 4.74 Å². The molecule has 1 heterocycles. The molecule has 2 N–H and O–H groups in total. The van der Waals surface area contributed by atoms with Gasteiger partial charge in [-0.3, -0.25) is 15.0 Å². The number of halogens is 1. The van der Waals surface area contributed by atoms with Crippen LogP contribution < -0.4 is 15.2 Å². The molecule has 1 aliphatic rings. The van der Waals surface area contributed by atoms with Crippen LogP contribution in [0.2, 0.25) is 0 Å². The van der Waals surface area contributed by atoms with Crippen LogP contribution in [0.5, 0.6) is 11.5 Å². The van der Waals surface area contributed by atoms with Gasteiger partial charge in [0, 0.05) is 0 Å². The van der Waals surface area contributed by atoms with Crippen LogP contribution in [0.25, 0.3) is 6.08 Å². The predicted molar refractivity (Wildman–Crippen MR) is 107 cm³/mol. The average Bonchev–Trinajstić information content (AvgIpc) is 2.88. The van der Waals surface area contributed by atoms with Crippen molar-refractivity contribution in [3.63, 3.8) is 0 Å². The first kappa shape index (κ1) is 18.2. The van der Waals surface area contributed by atoms with Gasteiger partial charge < -0.3 is 9.84 Å². The van der Waals surface area contributed by atoms with Crippen LogP contribution in [0.4, 0.5) is 5.69 Å². The number of aromatic hydroxyl groups is 1. The SMILES string of the molecule is CCOc1cc(/C=C2/C(=O)NN(c3ccc(C)cc3)C2=O)cc(I)c1O. The summed E-state index contributed by atoms with van der Waals surface area (Å²) in [7, 11) is 0. The van der Waals surface area contributed by atoms with Crippen molar-refractivity contribution in [3.8, 4) is 11.5 Å². The van der Waals surface area contributed by atoms with Gasteiger partial charge in [-0.1, -0.05) is 17.7 Å². The van der Waals surface area contributed by atoms with Crippen LogP contribution in [0.1, 0.15) is 18.1 Å². The molecule has 1 aliphatic heterocycles. The second-order valence-corrected chi connectivity index (χ2v) is 6.92. The Kier molecular flexibility index (Phi) is 5.17. The highest BCUT2D eigenvalue weighted by Crippen LogP contribution is 2.34. The molecule has 134 valence electrons. The molecule has 0 bridgehead atoms. The monoisotopic (exact) mass is 464 g/mol. The number of hydrogen-bond donors (Lipinski definition) is 2. The zero-order valence-corrected chi connectivity index (χ0v) is 16.4. The van der Waals surface area contributed by atoms with E-state index < -0.39 is 11.8 Å². The fourth-order valence-corrected chi connectivity index (χ4v) is 3.17. The number of aryl methyl sites for hydroxylation is 1. The molecule has 26 heavy (non-hydrogen) atoms. The lowest BCUT2D eigenvalue weighted by atomic mass is 10.1. The second kappa shape index (κ2) is 7.36. The number of nitrogens with zero attached hydrogens (tertiary/aromatic N) is 1. The Hall–Kier alpha value is -2.55. The van der Waals surface area contributed by atoms with Gasteiger partial charge >= 0.3 is 0 Å². The molecule has 3 rings (SSSR count). The Morgan fingerprint density at radius 2 is 1.92 bits per heavy atom. The third-order valence-corrected chi connectivity index (χ3v) is 4.67. The minimum atomic E-state index is -0.475. The zero-order chi connectivity index (χ0) is 18.8. The molecule has 7 heteroatoms. The Morgan fingerprint density at radius 1 is 1.23 bits per heavy atom. The first-order valence-corrected chi connectivity index (χ1v) is 9.07. The van der Waals surface area contributed by atoms with Crippen LogP contribution in [0.15, 0.2) is 42.0 Å². The lowest BCUT2D eigenvalue weighted by Gasteiger charge is -2.14. The highest BCUT2D eigenvalue weighted by molar-refractivity contribution is 14.1. The molecule has 1 fully saturated rings. The summed E-state index contributed by atoms with van der Waals surface area (Å²) in [6.45, 7) is 4.15. The van der Waals surface area contributed by atoms with E-state index in [1.807, 2.05) is 48.6 Å². The van der Waals surface area contributed by atoms with Crippen molar-refractivity contribution in [2.75, 3.05) is 11.6 Å². The molecule has 6 nitrogen and oxygen atoms in total. The van der Waals surface area contributed by atoms with Gasteiger partial charge in [-0.2, -0.15) is 0 Å². The quantitative estimate of drug-likeness (QED) is 0.414. The van der Waals surface area contributed by atoms with E-state index >= 15 is 0 Å². The number of phenols is 1. The highest BCUT2D eigenvalue weighted by Gasteiger charge is 2.34. The number of amides is 2. The number of rotatable bonds is 4. The maximum atomic E-state index is 12.7. The average molecular weight is 464 g/mol. The number of carbonyl (C=O) groups is 2. The van der Waals surface area contributed by atoms with Crippen molar-refractivity contribution in [1.29, 1.82) is 0 Å². The molecule has 0 unspecified atom stereocenters. The maximum absolute atomic E-state index is 12.7. The number of ether oxygens (including phenoxy) is 1. The normalized spacial score (nSPS) is 15.5. The van der Waals surface area contributed by atoms with E-state index in [2.05, 4.69) is 5.43 Å². The summed E-state index contributed by atoms with van der Waals surface area (Å²) in [5, 5.41) is 11.2. The van der Waals surface area contributed by atoms with Crippen LogP contribution in [-0.4, -0.2) is 23.5 Å². The molecular weight excluding hydrogens is 447 g/mol. The van der Waals surface area contributed by atoms with E-state index in [1.54, 1.807) is 24.3 Å². The fourth-order valence-electron chi connectivity index (χ4n) is 2.54. The van der Waals surface area contributed by atoms with Crippen molar-refractivity contribution in [2.45, 2.75) is 13.8 Å². The first-order chi connectivity index (χ1) is 12.4. The number of hydrazine groups is 1. The highest BCUT2D eigenvalue weighted by atomic mass is 127. The summed E-state index contributed by atoms with van der Waals surface area (Å²) in [6, 6.07) is 10.6. The fraction of sp³-hybridized carbons (Fsp3) is 0.158. The first-order valence-electron chi connectivity index (χ1n) is 7.99. The molecule has 0 aliphatic carbocycles. The topological polar surface area (TPSA) is 78.9 Å². The number of benzene rings is 2. The minimum Gasteiger partial charge on any atom is -0.504 e. The van der Waals surface area contributed by atoms with Gasteiger partial charge in [0.05, 0.1) is 15.9 Å². The summed E-state index contributed by atoms with van der Waals surface area (Å²) >= 11 is 1.97. The number of hydrogen-bond acceptors (Lipinski definition) is 4. The van der Waals surface area contributed by atoms with Crippen molar-refractivity contribution in [1.82, 2.24) is 5.43 Å². The Morgan fingerprint density at radius 3 is 2.58 bits per heavy atom. The number of phenolic OH excluding ortho intramolecular Hbond substituents is 1. The molecular formula is C19H17IN2O4. The number of nitrogens with one attached hydrogen (secondary N) is 1. The van der Waals surface area contributed by atoms with Crippen LogP contribution in [0, 0.1) is 10.5 Å². The number of carbonyl (C=O) groups excluding carboxylic acids is 2. The van der Waals surface area contributed by atoms with E-state index in [1.165, 1.54) is 11.1 Å². The third-order valence-electron chi connectivity index (χ3n) is 3.85. The lowest BCUT2D eigenvalue weighted by molar-refractivity contribution is -0.117. The standard InChI is InChI=1S/C19H17IN2O4/c1-3-26-16-10-12(9-15(20)17(16)23)8-14-18(24)21-22(19(14)25)13-6-4-11(2)5-7-13/h4-10,23H,3H2,1-2H3,(H,21,24)/b14-8-. The smallest absolute Gasteiger partial charge is 0.282 e. The van der Waals surface area contributed by atoms with Gasteiger partial charge in [0.1, 0.15) is 5.57 Å². The van der Waals surface area contributed by atoms with Gasteiger partial charge in [0.15, 0.2) is 11.5 Å². The van der Waals surface area contributed by atoms with Gasteiger partial charge in [0.2, 0.25) is 0 Å². The summed E-state index contributed by atoms with van der Waals surface area (Å²) in [4.78, 5) is 24.9. The molecule has 0 spiro atoms. The zero-order valence-electron chi connectivity index (χ0n) is 14.2. The maximum Gasteiger partial charge on any atom is 0.282 e. The Balaban J connectivity index is 1.95. The van der Waals surface area contributed by atoms with Gasteiger partial charge in [-0.25, -0.2) is 5.01 Å². The molecule has 0 radical (unpaired) electrons. The Labute approximate surface area is 164 Å². The molecule has 0 aromatic heterocycles. The molecule has 2 aromatic carbocycles. The van der Waals surface area contributed by atoms with Crippen molar-refractivity contribution in [2.24, 2.45) is 0 Å². The van der Waals surface area contributed by atoms with E-state index in [-0.39, 0.29) is 11.3 Å². The van der Waals surface area contributed by atoms with Crippen LogP contribution in [-0.2, 0) is 9.59 Å². The van der Waals surface area contributed by atoms with E-state index in [0.717, 1.165) is 5.56 Å². The van der Waals surface area contributed by atoms with Crippen molar-refractivity contribution < 1.29 is 19.4 Å². The van der Waals surface area contributed by atoms with Gasteiger partial charge in [-0.05, 0) is 72.3 Å². The summed E-state index contributed by atoms with van der Waals surface area (Å²) in [6.07, 6.45) is 1.50. The second-order valence-electron chi connectivity index (χ2n) is 5.76. The van der Waals surface area contributed by atoms with Crippen LogP contribution in [0.3, 0.4) is 0 Å². The molecule has 2 aromatic rings. The third kappa shape index (κ3) is 3.52. The largest absolute Gasteiger partial charge is 0.504 e. The van der Waals surface area contributed by atoms with Gasteiger partial charge in [-0.15, -0.1) is 0 Å². The molecule has 1 saturated heterocycles. The summed E-state index contributed by atoms with van der Waals surface area (Å²) in [5.74, 6) is -0.554. The summed E-state index contributed by atoms with van der Waals surface area (Å²) in [5.41, 5.74) is 4.84. The van der Waals surface area contributed by atoms with Gasteiger partial charge in [0.25, 0.3) is 11.8 Å². The van der Waals surface area contributed by atoms with E-state index in [0.29, 0.717) is 27.2 Å². The minimum absolute atomic E-state index is 0.0227. The van der Waals surface area contributed by atoms with E-state index in [9.17, 15) is 14.7 Å². The lowest BCUT2D eigenvalue weighted by Crippen LogP contribution is -2.35. The predicted octanol–water partition coefficient (Wildman–Crippen LogP) is 3.17. The molecule has 2 amide bonds. The molecule has 0 saturated carbocycles. The van der Waals surface area contributed by atoms with Crippen molar-refractivity contribution >= 4 is 46.2 Å². The van der Waals surface area contributed by atoms with Crippen molar-refractivity contribution in [3.05, 3.63) is 56.7 Å². The van der Waals surface area contributed by atoms with Crippen LogP contribution >= 0.6 is 22.6 Å². The Bertz CT molecular complexity index is 907. The summed E-state index contributed by atoms with van der Waals surface area (Å²) < 4.78 is 5.97. The molecule has 0 atom stereocenters. The number of anilines is 1.